The molecule has 1 aromatic rings. The molecule has 7 heteroatoms. The molecule has 1 heterocycles. The van der Waals surface area contributed by atoms with Gasteiger partial charge in [0.2, 0.25) is 5.96 Å². The standard InChI is InChI=1S/C9H13N5S2/c1-14(9(11)12-7-10)3-5-15-6-8-2-4-16-13-8/h2,4H,3,5-6H2,1H3,(H2,11,12). The molecule has 0 aliphatic rings. The summed E-state index contributed by atoms with van der Waals surface area (Å²) in [6.07, 6.45) is 1.73. The molecule has 0 aliphatic carbocycles. The zero-order valence-electron chi connectivity index (χ0n) is 8.93. The lowest BCUT2D eigenvalue weighted by atomic mass is 10.5. The quantitative estimate of drug-likeness (QED) is 0.273. The van der Waals surface area contributed by atoms with Crippen LogP contribution in [0.25, 0.3) is 0 Å². The van der Waals surface area contributed by atoms with Crippen molar-refractivity contribution in [2.75, 3.05) is 19.3 Å². The van der Waals surface area contributed by atoms with Crippen LogP contribution in [0.4, 0.5) is 0 Å². The van der Waals surface area contributed by atoms with Gasteiger partial charge in [0, 0.05) is 30.5 Å². The number of guanidine groups is 1. The van der Waals surface area contributed by atoms with Crippen molar-refractivity contribution in [1.82, 2.24) is 14.6 Å². The van der Waals surface area contributed by atoms with E-state index < -0.39 is 0 Å². The molecule has 0 spiro atoms. The zero-order valence-corrected chi connectivity index (χ0v) is 10.6. The first kappa shape index (κ1) is 12.8. The van der Waals surface area contributed by atoms with Crippen LogP contribution in [0.1, 0.15) is 5.69 Å². The molecule has 0 saturated heterocycles. The summed E-state index contributed by atoms with van der Waals surface area (Å²) in [6, 6.07) is 2.01. The van der Waals surface area contributed by atoms with Gasteiger partial charge in [-0.05, 0) is 17.6 Å². The summed E-state index contributed by atoms with van der Waals surface area (Å²) in [4.78, 5) is 1.71. The van der Waals surface area contributed by atoms with E-state index in [2.05, 4.69) is 9.69 Å². The minimum Gasteiger partial charge on any atom is -0.345 e. The average Bonchev–Trinajstić information content (AvgIpc) is 2.77. The maximum Gasteiger partial charge on any atom is 0.204 e. The number of thioether (sulfide) groups is 1. The van der Waals surface area contributed by atoms with E-state index in [0.717, 1.165) is 23.7 Å². The SMILES string of the molecule is CN(CCSCc1ccsn1)C(=N)NC#N. The van der Waals surface area contributed by atoms with Crippen molar-refractivity contribution in [1.29, 1.82) is 10.7 Å². The molecule has 0 saturated carbocycles. The maximum absolute atomic E-state index is 8.34. The van der Waals surface area contributed by atoms with Crippen LogP contribution in [0.5, 0.6) is 0 Å². The van der Waals surface area contributed by atoms with E-state index >= 15 is 0 Å². The van der Waals surface area contributed by atoms with Gasteiger partial charge >= 0.3 is 0 Å². The molecule has 86 valence electrons. The molecule has 0 amide bonds. The second-order valence-corrected chi connectivity index (χ2v) is 4.82. The van der Waals surface area contributed by atoms with Crippen molar-refractivity contribution in [3.05, 3.63) is 17.1 Å². The van der Waals surface area contributed by atoms with Gasteiger partial charge in [-0.1, -0.05) is 0 Å². The van der Waals surface area contributed by atoms with E-state index in [0.29, 0.717) is 0 Å². The predicted octanol–water partition coefficient (Wildman–Crippen LogP) is 1.31. The monoisotopic (exact) mass is 255 g/mol. The van der Waals surface area contributed by atoms with Gasteiger partial charge in [0.05, 0.1) is 5.69 Å². The smallest absolute Gasteiger partial charge is 0.204 e. The van der Waals surface area contributed by atoms with Crippen molar-refractivity contribution in [3.8, 4) is 6.19 Å². The Balaban J connectivity index is 2.11. The highest BCUT2D eigenvalue weighted by atomic mass is 32.2. The number of aromatic nitrogens is 1. The summed E-state index contributed by atoms with van der Waals surface area (Å²) < 4.78 is 4.21. The van der Waals surface area contributed by atoms with Crippen LogP contribution in [-0.2, 0) is 5.75 Å². The third-order valence-electron chi connectivity index (χ3n) is 1.87. The van der Waals surface area contributed by atoms with Crippen molar-refractivity contribution < 1.29 is 0 Å². The van der Waals surface area contributed by atoms with Gasteiger partial charge in [0.1, 0.15) is 0 Å². The van der Waals surface area contributed by atoms with Gasteiger partial charge in [0.25, 0.3) is 0 Å². The van der Waals surface area contributed by atoms with E-state index in [1.165, 1.54) is 11.5 Å². The minimum atomic E-state index is 0.136. The Morgan fingerprint density at radius 2 is 2.62 bits per heavy atom. The molecule has 0 aromatic carbocycles. The number of nitriles is 1. The molecular weight excluding hydrogens is 242 g/mol. The summed E-state index contributed by atoms with van der Waals surface area (Å²) in [7, 11) is 1.79. The molecular formula is C9H13N5S2. The molecule has 16 heavy (non-hydrogen) atoms. The van der Waals surface area contributed by atoms with Gasteiger partial charge in [0.15, 0.2) is 6.19 Å². The van der Waals surface area contributed by atoms with Crippen LogP contribution < -0.4 is 5.32 Å². The second kappa shape index (κ2) is 7.09. The van der Waals surface area contributed by atoms with Crippen LogP contribution in [0, 0.1) is 16.9 Å². The molecule has 0 atom stereocenters. The number of hydrogen-bond acceptors (Lipinski definition) is 5. The van der Waals surface area contributed by atoms with Crippen molar-refractivity contribution in [2.45, 2.75) is 5.75 Å². The van der Waals surface area contributed by atoms with Crippen LogP contribution in [0.2, 0.25) is 0 Å². The molecule has 2 N–H and O–H groups in total. The van der Waals surface area contributed by atoms with Crippen LogP contribution in [0.3, 0.4) is 0 Å². The lowest BCUT2D eigenvalue weighted by molar-refractivity contribution is 0.521. The third-order valence-corrected chi connectivity index (χ3v) is 3.44. The van der Waals surface area contributed by atoms with Gasteiger partial charge < -0.3 is 4.90 Å². The molecule has 5 nitrogen and oxygen atoms in total. The van der Waals surface area contributed by atoms with E-state index in [1.54, 1.807) is 29.9 Å². The maximum atomic E-state index is 8.34. The fourth-order valence-corrected chi connectivity index (χ4v) is 2.49. The molecule has 1 rings (SSSR count). The van der Waals surface area contributed by atoms with Crippen molar-refractivity contribution in [3.63, 3.8) is 0 Å². The van der Waals surface area contributed by atoms with Crippen LogP contribution >= 0.6 is 23.3 Å². The highest BCUT2D eigenvalue weighted by Crippen LogP contribution is 2.11. The third kappa shape index (κ3) is 4.51. The number of rotatable bonds is 5. The highest BCUT2D eigenvalue weighted by Gasteiger charge is 2.03. The van der Waals surface area contributed by atoms with Crippen molar-refractivity contribution >= 4 is 29.3 Å². The minimum absolute atomic E-state index is 0.136. The topological polar surface area (TPSA) is 75.8 Å². The Kier molecular flexibility index (Phi) is 5.67. The first-order valence-electron chi connectivity index (χ1n) is 4.66. The Labute approximate surface area is 103 Å². The van der Waals surface area contributed by atoms with Crippen molar-refractivity contribution in [2.24, 2.45) is 0 Å². The molecule has 0 aliphatic heterocycles. The first-order chi connectivity index (χ1) is 7.74. The van der Waals surface area contributed by atoms with E-state index in [1.807, 2.05) is 11.4 Å². The molecule has 0 fully saturated rings. The summed E-state index contributed by atoms with van der Waals surface area (Å²) >= 11 is 3.23. The largest absolute Gasteiger partial charge is 0.345 e. The molecule has 0 bridgehead atoms. The van der Waals surface area contributed by atoms with E-state index in [-0.39, 0.29) is 5.96 Å². The summed E-state index contributed by atoms with van der Waals surface area (Å²) in [5, 5.41) is 20.0. The Bertz CT molecular complexity index is 356. The normalized spacial score (nSPS) is 9.50. The summed E-state index contributed by atoms with van der Waals surface area (Å²) in [6.45, 7) is 0.738. The van der Waals surface area contributed by atoms with E-state index in [9.17, 15) is 0 Å². The second-order valence-electron chi connectivity index (χ2n) is 3.05. The number of nitrogens with zero attached hydrogens (tertiary/aromatic N) is 3. The lowest BCUT2D eigenvalue weighted by Gasteiger charge is -2.17. The van der Waals surface area contributed by atoms with Gasteiger partial charge in [-0.25, -0.2) is 0 Å². The summed E-state index contributed by atoms with van der Waals surface area (Å²) in [5.41, 5.74) is 1.10. The zero-order chi connectivity index (χ0) is 11.8. The molecule has 1 aromatic heterocycles. The summed E-state index contributed by atoms with van der Waals surface area (Å²) in [5.74, 6) is 1.94. The van der Waals surface area contributed by atoms with Crippen LogP contribution in [0.15, 0.2) is 11.4 Å². The number of nitrogens with one attached hydrogen (secondary N) is 2. The molecule has 0 unspecified atom stereocenters. The highest BCUT2D eigenvalue weighted by molar-refractivity contribution is 7.98. The van der Waals surface area contributed by atoms with Gasteiger partial charge in [-0.2, -0.15) is 21.4 Å². The lowest BCUT2D eigenvalue weighted by Crippen LogP contribution is -2.36. The molecule has 0 radical (unpaired) electrons. The number of hydrogen-bond donors (Lipinski definition) is 2. The van der Waals surface area contributed by atoms with Gasteiger partial charge in [-0.15, -0.1) is 0 Å². The fraction of sp³-hybridized carbons (Fsp3) is 0.444. The van der Waals surface area contributed by atoms with Gasteiger partial charge in [-0.3, -0.25) is 10.7 Å². The Morgan fingerprint density at radius 3 is 3.25 bits per heavy atom. The van der Waals surface area contributed by atoms with E-state index in [4.69, 9.17) is 10.7 Å². The fourth-order valence-electron chi connectivity index (χ4n) is 0.950. The average molecular weight is 255 g/mol. The Morgan fingerprint density at radius 1 is 1.81 bits per heavy atom. The first-order valence-corrected chi connectivity index (χ1v) is 6.65. The predicted molar refractivity (Wildman–Crippen MR) is 67.4 cm³/mol. The van der Waals surface area contributed by atoms with Crippen LogP contribution in [-0.4, -0.2) is 34.6 Å². The Hall–Kier alpha value is -1.26.